The summed E-state index contributed by atoms with van der Waals surface area (Å²) in [7, 11) is -1.37. The van der Waals surface area contributed by atoms with Gasteiger partial charge in [0.25, 0.3) is 14.4 Å². The Hall–Kier alpha value is -6.39. The van der Waals surface area contributed by atoms with Gasteiger partial charge in [0, 0.05) is 58.8 Å². The van der Waals surface area contributed by atoms with Gasteiger partial charge in [-0.1, -0.05) is 55.3 Å². The molecule has 6 rings (SSSR count). The van der Waals surface area contributed by atoms with Gasteiger partial charge in [-0.05, 0) is 119 Å². The van der Waals surface area contributed by atoms with Gasteiger partial charge < -0.3 is 28.9 Å². The van der Waals surface area contributed by atoms with Crippen LogP contribution in [0.4, 0.5) is 49.1 Å². The topological polar surface area (TPSA) is 154 Å². The van der Waals surface area contributed by atoms with Crippen molar-refractivity contribution in [2.75, 3.05) is 36.4 Å². The number of benzene rings is 5. The molecule has 0 bridgehead atoms. The Bertz CT molecular complexity index is 2610. The van der Waals surface area contributed by atoms with Crippen molar-refractivity contribution >= 4 is 49.0 Å². The molecule has 0 radical (unpaired) electrons. The van der Waals surface area contributed by atoms with Crippen molar-refractivity contribution in [1.29, 1.82) is 5.26 Å². The number of anilines is 4. The van der Waals surface area contributed by atoms with Crippen molar-refractivity contribution in [3.05, 3.63) is 143 Å². The van der Waals surface area contributed by atoms with Gasteiger partial charge in [-0.3, -0.25) is 24.2 Å². The number of para-hydroxylation sites is 2. The Labute approximate surface area is 421 Å². The maximum Gasteiger partial charge on any atom is 0.472 e. The summed E-state index contributed by atoms with van der Waals surface area (Å²) in [6.07, 6.45) is -7.54. The third-order valence-corrected chi connectivity index (χ3v) is 13.8. The van der Waals surface area contributed by atoms with Gasteiger partial charge in [-0.25, -0.2) is 4.67 Å². The minimum atomic E-state index is -5.35. The van der Waals surface area contributed by atoms with Crippen molar-refractivity contribution in [2.24, 2.45) is 0 Å². The average molecular weight is 1040 g/mol. The maximum absolute atomic E-state index is 14.3. The van der Waals surface area contributed by atoms with Crippen molar-refractivity contribution in [3.63, 3.8) is 0 Å². The van der Waals surface area contributed by atoms with E-state index in [1.807, 2.05) is 0 Å². The Morgan fingerprint density at radius 3 is 1.67 bits per heavy atom. The quantitative estimate of drug-likeness (QED) is 0.0296. The fourth-order valence-electron chi connectivity index (χ4n) is 8.59. The van der Waals surface area contributed by atoms with E-state index in [1.54, 1.807) is 31.2 Å². The van der Waals surface area contributed by atoms with E-state index in [1.165, 1.54) is 78.9 Å². The monoisotopic (exact) mass is 1040 g/mol. The predicted octanol–water partition coefficient (Wildman–Crippen LogP) is 12.4. The molecule has 1 aliphatic rings. The van der Waals surface area contributed by atoms with Crippen molar-refractivity contribution in [2.45, 2.75) is 96.8 Å². The van der Waals surface area contributed by atoms with Gasteiger partial charge in [0.15, 0.2) is 5.60 Å². The van der Waals surface area contributed by atoms with Crippen molar-refractivity contribution in [1.82, 2.24) is 9.99 Å². The zero-order valence-electron chi connectivity index (χ0n) is 40.8. The highest BCUT2D eigenvalue weighted by atomic mass is 31.2. The van der Waals surface area contributed by atoms with Crippen molar-refractivity contribution in [3.8, 4) is 17.6 Å². The summed E-state index contributed by atoms with van der Waals surface area (Å²) in [5, 5.41) is 22.6. The number of nitrogens with one attached hydrogen (secondary N) is 1. The van der Waals surface area contributed by atoms with Crippen LogP contribution in [-0.4, -0.2) is 78.5 Å². The Morgan fingerprint density at radius 2 is 1.19 bits per heavy atom. The molecule has 73 heavy (non-hydrogen) atoms. The molecule has 0 fully saturated rings. The summed E-state index contributed by atoms with van der Waals surface area (Å²) in [6, 6.07) is 28.5. The summed E-state index contributed by atoms with van der Waals surface area (Å²) in [4.78, 5) is 41.0. The summed E-state index contributed by atoms with van der Waals surface area (Å²) < 4.78 is 113. The Kier molecular flexibility index (Phi) is 18.8. The summed E-state index contributed by atoms with van der Waals surface area (Å²) in [5.41, 5.74) is -1.91. The minimum absolute atomic E-state index is 0.0800. The van der Waals surface area contributed by atoms with Crippen LogP contribution in [0.15, 0.2) is 115 Å². The van der Waals surface area contributed by atoms with Gasteiger partial charge in [0.1, 0.15) is 18.3 Å². The highest BCUT2D eigenvalue weighted by Gasteiger charge is 2.49. The van der Waals surface area contributed by atoms with E-state index in [0.29, 0.717) is 34.9 Å². The van der Waals surface area contributed by atoms with Gasteiger partial charge in [0.2, 0.25) is 0 Å². The zero-order chi connectivity index (χ0) is 53.1. The van der Waals surface area contributed by atoms with Gasteiger partial charge in [-0.2, -0.15) is 31.6 Å². The van der Waals surface area contributed by atoms with E-state index in [-0.39, 0.29) is 81.6 Å². The smallest absolute Gasteiger partial charge is 0.456 e. The highest BCUT2D eigenvalue weighted by Crippen LogP contribution is 2.55. The number of unbranched alkanes of at least 4 members (excludes halogenated alkanes) is 3. The molecule has 5 aromatic carbocycles. The summed E-state index contributed by atoms with van der Waals surface area (Å²) in [5.74, 6) is -5.43. The van der Waals surface area contributed by atoms with Crippen LogP contribution in [0.1, 0.15) is 92.4 Å². The molecule has 13 nitrogen and oxygen atoms in total. The number of hydrogen-bond acceptors (Lipinski definition) is 10. The lowest BCUT2D eigenvalue weighted by Gasteiger charge is -2.41. The molecule has 20 heteroatoms. The molecule has 0 aromatic heterocycles. The number of rotatable bonds is 22. The number of ether oxygens (including phenoxy) is 2. The number of nitriles is 1. The zero-order valence-corrected chi connectivity index (χ0v) is 41.7. The standard InChI is InChI=1S/C53H56F6N5O8P/c1-35(2)64(36(3)4)73(71-30-16-27-60)70-29-15-7-6-14-28-61-48(66)38-22-21-37(5)45(31-38)51(69-34-65)43-25-23-41(62(49(67)52(54,55)56)39-17-10-8-11-18-39)32-46(43)72-47-33-42(24-26-44(47)51)63(50(68)53(57,58)59)40-19-12-9-13-20-40/h8-13,17-26,31-33,35-36,65H,6-7,14-16,28-30,34H2,1-5H3,(H,61,66). The predicted molar refractivity (Wildman–Crippen MR) is 263 cm³/mol. The molecule has 1 unspecified atom stereocenters. The van der Waals surface area contributed by atoms with E-state index in [4.69, 9.17) is 23.8 Å². The fraction of sp³-hybridized carbons (Fsp3) is 0.358. The minimum Gasteiger partial charge on any atom is -0.456 e. The number of aliphatic hydroxyl groups excluding tert-OH is 1. The second kappa shape index (κ2) is 24.6. The lowest BCUT2D eigenvalue weighted by molar-refractivity contribution is -0.169. The SMILES string of the molecule is Cc1ccc(C(=O)NCCCCCCOP(OCCC#N)N(C(C)C)C(C)C)cc1C1(OCO)c2ccc(N(C(=O)C(F)(F)F)c3ccccc3)cc2Oc2cc(N(C(=O)C(F)(F)F)c3ccccc3)ccc21. The number of aryl methyl sites for hydroxylation is 1. The van der Waals surface area contributed by atoms with E-state index in [2.05, 4.69) is 43.8 Å². The highest BCUT2D eigenvalue weighted by molar-refractivity contribution is 7.44. The third kappa shape index (κ3) is 13.1. The number of carbonyl (C=O) groups excluding carboxylic acids is 3. The van der Waals surface area contributed by atoms with Gasteiger partial charge >= 0.3 is 24.2 Å². The molecule has 0 saturated heterocycles. The lowest BCUT2D eigenvalue weighted by atomic mass is 9.75. The number of fused-ring (bicyclic) bond motifs is 2. The normalized spacial score (nSPS) is 13.5. The molecule has 388 valence electrons. The molecule has 0 saturated carbocycles. The molecular weight excluding hydrogens is 980 g/mol. The molecule has 1 atom stereocenters. The van der Waals surface area contributed by atoms with Crippen LogP contribution < -0.4 is 19.9 Å². The van der Waals surface area contributed by atoms with Crippen LogP contribution in [0, 0.1) is 18.3 Å². The van der Waals surface area contributed by atoms with E-state index in [9.17, 15) is 45.8 Å². The third-order valence-electron chi connectivity index (χ3n) is 11.7. The average Bonchev–Trinajstić information content (AvgIpc) is 3.34. The van der Waals surface area contributed by atoms with Gasteiger partial charge in [0.05, 0.1) is 37.1 Å². The van der Waals surface area contributed by atoms with Crippen LogP contribution in [-0.2, 0) is 29.0 Å². The first kappa shape index (κ1) is 55.9. The molecule has 1 heterocycles. The molecule has 0 spiro atoms. The fourth-order valence-corrected chi connectivity index (χ4v) is 10.2. The van der Waals surface area contributed by atoms with E-state index >= 15 is 0 Å². The molecule has 1 aliphatic heterocycles. The molecular formula is C53H56F6N5O8P. The van der Waals surface area contributed by atoms with Crippen molar-refractivity contribution < 1.29 is 64.4 Å². The lowest BCUT2D eigenvalue weighted by Crippen LogP contribution is -2.40. The number of carbonyl (C=O) groups is 3. The molecule has 2 N–H and O–H groups in total. The van der Waals surface area contributed by atoms with Crippen LogP contribution >= 0.6 is 8.53 Å². The van der Waals surface area contributed by atoms with E-state index in [0.717, 1.165) is 31.4 Å². The number of nitrogens with zero attached hydrogens (tertiary/aromatic N) is 4. The number of alkyl halides is 6. The first-order valence-corrected chi connectivity index (χ1v) is 24.6. The number of halogens is 6. The van der Waals surface area contributed by atoms with Crippen LogP contribution in [0.25, 0.3) is 0 Å². The largest absolute Gasteiger partial charge is 0.472 e. The summed E-state index contributed by atoms with van der Waals surface area (Å²) >= 11 is 0. The second-order valence-electron chi connectivity index (χ2n) is 17.4. The second-order valence-corrected chi connectivity index (χ2v) is 18.9. The Morgan fingerprint density at radius 1 is 0.685 bits per heavy atom. The first-order chi connectivity index (χ1) is 34.7. The maximum atomic E-state index is 14.3. The number of hydrogen-bond donors (Lipinski definition) is 2. The number of amides is 3. The van der Waals surface area contributed by atoms with Crippen LogP contribution in [0.3, 0.4) is 0 Å². The Balaban J connectivity index is 1.34. The molecule has 3 amide bonds. The summed E-state index contributed by atoms with van der Waals surface area (Å²) in [6.45, 7) is 9.93. The van der Waals surface area contributed by atoms with E-state index < -0.39 is 51.0 Å². The number of aliphatic hydroxyl groups is 1. The van der Waals surface area contributed by atoms with Gasteiger partial charge in [-0.15, -0.1) is 0 Å². The first-order valence-electron chi connectivity index (χ1n) is 23.5. The van der Waals surface area contributed by atoms with Crippen LogP contribution in [0.5, 0.6) is 11.5 Å². The molecule has 0 aliphatic carbocycles. The van der Waals surface area contributed by atoms with Crippen LogP contribution in [0.2, 0.25) is 0 Å². The molecule has 5 aromatic rings.